The van der Waals surface area contributed by atoms with Gasteiger partial charge in [0.05, 0.1) is 18.8 Å². The van der Waals surface area contributed by atoms with Crippen LogP contribution in [-0.4, -0.2) is 33.7 Å². The Morgan fingerprint density at radius 3 is 2.96 bits per heavy atom. The molecule has 0 unspecified atom stereocenters. The van der Waals surface area contributed by atoms with Gasteiger partial charge in [-0.25, -0.2) is 4.98 Å². The predicted octanol–water partition coefficient (Wildman–Crippen LogP) is 1.26. The summed E-state index contributed by atoms with van der Waals surface area (Å²) in [6.07, 6.45) is 3.06. The molecule has 4 rings (SSSR count). The van der Waals surface area contributed by atoms with E-state index in [0.29, 0.717) is 25.3 Å². The van der Waals surface area contributed by atoms with Crippen molar-refractivity contribution < 1.29 is 14.6 Å². The van der Waals surface area contributed by atoms with Gasteiger partial charge in [0.2, 0.25) is 0 Å². The lowest BCUT2D eigenvalue weighted by atomic mass is 9.74. The predicted molar refractivity (Wildman–Crippen MR) is 94.2 cm³/mol. The molecule has 2 aliphatic rings. The smallest absolute Gasteiger partial charge is 0.263 e. The van der Waals surface area contributed by atoms with Crippen LogP contribution in [0.4, 0.5) is 0 Å². The van der Waals surface area contributed by atoms with Crippen molar-refractivity contribution in [3.05, 3.63) is 57.3 Å². The van der Waals surface area contributed by atoms with E-state index in [4.69, 9.17) is 4.74 Å². The zero-order chi connectivity index (χ0) is 18.3. The van der Waals surface area contributed by atoms with Crippen LogP contribution in [0.25, 0.3) is 0 Å². The summed E-state index contributed by atoms with van der Waals surface area (Å²) >= 11 is 0. The number of nitrogens with one attached hydrogen (secondary N) is 2. The summed E-state index contributed by atoms with van der Waals surface area (Å²) in [7, 11) is 0. The van der Waals surface area contributed by atoms with Crippen molar-refractivity contribution in [1.82, 2.24) is 15.3 Å². The van der Waals surface area contributed by atoms with Gasteiger partial charge in [0.15, 0.2) is 0 Å². The number of nitrogens with zero attached hydrogens (tertiary/aromatic N) is 1. The molecule has 0 spiro atoms. The van der Waals surface area contributed by atoms with E-state index in [2.05, 4.69) is 21.4 Å². The fraction of sp³-hybridized carbons (Fsp3) is 0.421. The van der Waals surface area contributed by atoms with Crippen LogP contribution in [0.3, 0.4) is 0 Å². The number of aliphatic hydroxyl groups is 1. The number of carbonyl (C=O) groups is 1. The molecule has 1 aromatic heterocycles. The van der Waals surface area contributed by atoms with E-state index < -0.39 is 11.5 Å². The molecule has 26 heavy (non-hydrogen) atoms. The van der Waals surface area contributed by atoms with Crippen molar-refractivity contribution in [2.45, 2.75) is 38.3 Å². The van der Waals surface area contributed by atoms with Gasteiger partial charge >= 0.3 is 0 Å². The first-order valence-electron chi connectivity index (χ1n) is 8.81. The number of aliphatic hydroxyl groups excluding tert-OH is 1. The second kappa shape index (κ2) is 6.57. The minimum absolute atomic E-state index is 0.00929. The molecule has 0 bridgehead atoms. The third kappa shape index (κ3) is 3.10. The summed E-state index contributed by atoms with van der Waals surface area (Å²) < 4.78 is 5.55. The molecular formula is C19H21N3O4. The average molecular weight is 355 g/mol. The third-order valence-corrected chi connectivity index (χ3v) is 5.15. The lowest BCUT2D eigenvalue weighted by Crippen LogP contribution is -2.42. The van der Waals surface area contributed by atoms with Crippen LogP contribution < -0.4 is 15.6 Å². The highest BCUT2D eigenvalue weighted by Crippen LogP contribution is 2.39. The number of aryl methyl sites for hydroxylation is 1. The molecule has 2 heterocycles. The molecule has 1 fully saturated rings. The van der Waals surface area contributed by atoms with Gasteiger partial charge in [-0.15, -0.1) is 0 Å². The molecule has 1 aliphatic heterocycles. The Kier molecular flexibility index (Phi) is 4.24. The van der Waals surface area contributed by atoms with Crippen molar-refractivity contribution >= 4 is 5.91 Å². The van der Waals surface area contributed by atoms with Gasteiger partial charge in [-0.3, -0.25) is 9.59 Å². The van der Waals surface area contributed by atoms with E-state index in [1.54, 1.807) is 6.92 Å². The number of fused-ring (bicyclic) bond motifs is 1. The van der Waals surface area contributed by atoms with E-state index in [1.807, 2.05) is 12.1 Å². The Balaban J connectivity index is 1.61. The number of carbonyl (C=O) groups excluding carboxylic acids is 1. The van der Waals surface area contributed by atoms with E-state index in [0.717, 1.165) is 23.3 Å². The van der Waals surface area contributed by atoms with Gasteiger partial charge in [-0.2, -0.15) is 0 Å². The van der Waals surface area contributed by atoms with Crippen LogP contribution in [0.5, 0.6) is 5.75 Å². The quantitative estimate of drug-likeness (QED) is 0.766. The molecule has 7 heteroatoms. The van der Waals surface area contributed by atoms with E-state index in [1.165, 1.54) is 6.20 Å². The normalized spacial score (nSPS) is 22.1. The molecule has 1 amide bonds. The highest BCUT2D eigenvalue weighted by atomic mass is 16.5. The number of rotatable bonds is 4. The third-order valence-electron chi connectivity index (χ3n) is 5.15. The van der Waals surface area contributed by atoms with Gasteiger partial charge in [-0.05, 0) is 48.9 Å². The zero-order valence-corrected chi connectivity index (χ0v) is 14.5. The minimum Gasteiger partial charge on any atom is -0.493 e. The van der Waals surface area contributed by atoms with Gasteiger partial charge in [-0.1, -0.05) is 6.07 Å². The van der Waals surface area contributed by atoms with Gasteiger partial charge < -0.3 is 20.1 Å². The number of H-pyrrole nitrogens is 1. The van der Waals surface area contributed by atoms with Gasteiger partial charge in [0.1, 0.15) is 17.1 Å². The summed E-state index contributed by atoms with van der Waals surface area (Å²) in [6.45, 7) is 2.33. The average Bonchev–Trinajstić information content (AvgIpc) is 3.04. The molecule has 1 saturated carbocycles. The van der Waals surface area contributed by atoms with Crippen LogP contribution in [0, 0.1) is 12.8 Å². The monoisotopic (exact) mass is 355 g/mol. The fourth-order valence-electron chi connectivity index (χ4n) is 3.64. The van der Waals surface area contributed by atoms with Crippen LogP contribution in [0.1, 0.15) is 46.2 Å². The Morgan fingerprint density at radius 1 is 1.42 bits per heavy atom. The molecule has 1 aliphatic carbocycles. The second-order valence-corrected chi connectivity index (χ2v) is 7.01. The fourth-order valence-corrected chi connectivity index (χ4v) is 3.64. The number of aromatic nitrogens is 2. The van der Waals surface area contributed by atoms with Crippen molar-refractivity contribution in [2.75, 3.05) is 6.61 Å². The molecule has 1 atom stereocenters. The van der Waals surface area contributed by atoms with E-state index in [9.17, 15) is 14.7 Å². The number of aromatic amines is 1. The molecule has 2 aromatic rings. The molecular weight excluding hydrogens is 334 g/mol. The van der Waals surface area contributed by atoms with Crippen LogP contribution in [-0.2, 0) is 6.42 Å². The first kappa shape index (κ1) is 16.8. The largest absolute Gasteiger partial charge is 0.493 e. The van der Waals surface area contributed by atoms with Gasteiger partial charge in [0.25, 0.3) is 11.5 Å². The Labute approximate surface area is 150 Å². The zero-order valence-electron chi connectivity index (χ0n) is 14.5. The summed E-state index contributed by atoms with van der Waals surface area (Å²) in [4.78, 5) is 31.3. The first-order chi connectivity index (χ1) is 12.5. The molecule has 1 aromatic carbocycles. The maximum Gasteiger partial charge on any atom is 0.263 e. The summed E-state index contributed by atoms with van der Waals surface area (Å²) in [5.41, 5.74) is 1.63. The molecule has 0 radical (unpaired) electrons. The van der Waals surface area contributed by atoms with Crippen molar-refractivity contribution in [3.63, 3.8) is 0 Å². The van der Waals surface area contributed by atoms with Crippen LogP contribution >= 0.6 is 0 Å². The maximum absolute atomic E-state index is 12.7. The number of hydrogen-bond donors (Lipinski definition) is 3. The van der Waals surface area contributed by atoms with Crippen molar-refractivity contribution in [1.29, 1.82) is 0 Å². The number of ether oxygens (including phenoxy) is 1. The Bertz CT molecular complexity index is 902. The minimum atomic E-state index is -0.457. The molecule has 3 N–H and O–H groups in total. The highest BCUT2D eigenvalue weighted by Gasteiger charge is 2.36. The highest BCUT2D eigenvalue weighted by molar-refractivity contribution is 5.93. The SMILES string of the molecule is Cc1ncc(C(=O)N[C@@H](c2ccc3c(c2)CCO3)C2CC(O)C2)c(=O)[nH]1. The maximum atomic E-state index is 12.7. The number of amides is 1. The Morgan fingerprint density at radius 2 is 2.23 bits per heavy atom. The number of hydrogen-bond acceptors (Lipinski definition) is 5. The lowest BCUT2D eigenvalue weighted by molar-refractivity contribution is 0.0235. The molecule has 7 nitrogen and oxygen atoms in total. The lowest BCUT2D eigenvalue weighted by Gasteiger charge is -2.38. The standard InChI is InChI=1S/C19H21N3O4/c1-10-20-9-15(18(24)21-10)19(25)22-17(13-7-14(23)8-13)12-2-3-16-11(6-12)4-5-26-16/h2-3,6,9,13-14,17,23H,4-5,7-8H2,1H3,(H,22,25)(H,20,21,24)/t13?,14?,17-/m0/s1. The Hall–Kier alpha value is -2.67. The van der Waals surface area contributed by atoms with Gasteiger partial charge in [0, 0.05) is 12.6 Å². The van der Waals surface area contributed by atoms with Crippen LogP contribution in [0.2, 0.25) is 0 Å². The van der Waals surface area contributed by atoms with Crippen LogP contribution in [0.15, 0.2) is 29.2 Å². The summed E-state index contributed by atoms with van der Waals surface area (Å²) in [6, 6.07) is 5.65. The van der Waals surface area contributed by atoms with E-state index >= 15 is 0 Å². The first-order valence-corrected chi connectivity index (χ1v) is 8.81. The molecule has 136 valence electrons. The summed E-state index contributed by atoms with van der Waals surface area (Å²) in [5.74, 6) is 1.02. The topological polar surface area (TPSA) is 104 Å². The van der Waals surface area contributed by atoms with Crippen molar-refractivity contribution in [3.8, 4) is 5.75 Å². The second-order valence-electron chi connectivity index (χ2n) is 7.01. The van der Waals surface area contributed by atoms with Crippen molar-refractivity contribution in [2.24, 2.45) is 5.92 Å². The molecule has 0 saturated heterocycles. The number of benzene rings is 1. The summed E-state index contributed by atoms with van der Waals surface area (Å²) in [5, 5.41) is 12.7. The van der Waals surface area contributed by atoms with E-state index in [-0.39, 0.29) is 23.6 Å².